The molecule has 1 N–H and O–H groups in total. The van der Waals surface area contributed by atoms with E-state index in [1.807, 2.05) is 25.6 Å². The molecule has 5 heteroatoms. The average Bonchev–Trinajstić information content (AvgIpc) is 2.27. The first kappa shape index (κ1) is 15.3. The van der Waals surface area contributed by atoms with Crippen LogP contribution in [0.4, 0.5) is 4.79 Å². The van der Waals surface area contributed by atoms with E-state index >= 15 is 0 Å². The molecule has 16 heavy (non-hydrogen) atoms. The number of hydrogen-bond acceptors (Lipinski definition) is 4. The fourth-order valence-corrected chi connectivity index (χ4v) is 2.10. The largest absolute Gasteiger partial charge is 0.433 e. The van der Waals surface area contributed by atoms with E-state index in [2.05, 4.69) is 17.4 Å². The van der Waals surface area contributed by atoms with Gasteiger partial charge in [0.25, 0.3) is 0 Å². The first-order chi connectivity index (χ1) is 7.61. The van der Waals surface area contributed by atoms with Crippen molar-refractivity contribution in [3.8, 4) is 0 Å². The van der Waals surface area contributed by atoms with Gasteiger partial charge in [0.1, 0.15) is 0 Å². The number of carbonyl (C=O) groups is 1. The molecule has 4 nitrogen and oxygen atoms in total. The third kappa shape index (κ3) is 7.56. The van der Waals surface area contributed by atoms with Crippen LogP contribution >= 0.6 is 11.8 Å². The summed E-state index contributed by atoms with van der Waals surface area (Å²) in [7, 11) is 1.52. The third-order valence-electron chi connectivity index (χ3n) is 2.01. The lowest BCUT2D eigenvalue weighted by Crippen LogP contribution is -2.19. The molecule has 0 aliphatic heterocycles. The van der Waals surface area contributed by atoms with Crippen LogP contribution in [0.15, 0.2) is 5.16 Å². The van der Waals surface area contributed by atoms with Crippen molar-refractivity contribution in [1.82, 2.24) is 5.32 Å². The van der Waals surface area contributed by atoms with Gasteiger partial charge in [0.15, 0.2) is 0 Å². The van der Waals surface area contributed by atoms with Gasteiger partial charge in [0.05, 0.1) is 5.71 Å². The van der Waals surface area contributed by atoms with Crippen molar-refractivity contribution in [1.29, 1.82) is 0 Å². The predicted molar refractivity (Wildman–Crippen MR) is 70.0 cm³/mol. The van der Waals surface area contributed by atoms with E-state index in [-0.39, 0.29) is 0 Å². The molecule has 0 aromatic carbocycles. The van der Waals surface area contributed by atoms with Crippen molar-refractivity contribution in [3.05, 3.63) is 0 Å². The second kappa shape index (κ2) is 9.51. The van der Waals surface area contributed by atoms with Crippen LogP contribution in [0.1, 0.15) is 33.6 Å². The highest BCUT2D eigenvalue weighted by Gasteiger charge is 2.07. The van der Waals surface area contributed by atoms with Gasteiger partial charge in [-0.15, -0.1) is 0 Å². The molecule has 0 rings (SSSR count). The number of carbonyl (C=O) groups excluding carboxylic acids is 1. The molecule has 0 aliphatic rings. The Bertz CT molecular complexity index is 230. The third-order valence-corrected chi connectivity index (χ3v) is 3.09. The maximum Gasteiger partial charge on any atom is 0.433 e. The van der Waals surface area contributed by atoms with Gasteiger partial charge in [0, 0.05) is 12.8 Å². The second-order valence-corrected chi connectivity index (χ2v) is 4.88. The van der Waals surface area contributed by atoms with E-state index in [1.54, 1.807) is 0 Å². The fraction of sp³-hybridized carbons (Fsp3) is 0.818. The highest BCUT2D eigenvalue weighted by Crippen LogP contribution is 2.09. The quantitative estimate of drug-likeness (QED) is 0.325. The highest BCUT2D eigenvalue weighted by atomic mass is 32.2. The first-order valence-electron chi connectivity index (χ1n) is 5.65. The summed E-state index contributed by atoms with van der Waals surface area (Å²) in [6.07, 6.45) is 1.90. The predicted octanol–water partition coefficient (Wildman–Crippen LogP) is 2.89. The molecule has 0 saturated carbocycles. The topological polar surface area (TPSA) is 50.7 Å². The van der Waals surface area contributed by atoms with E-state index in [9.17, 15) is 4.79 Å². The maximum absolute atomic E-state index is 10.9. The molecular weight excluding hydrogens is 224 g/mol. The van der Waals surface area contributed by atoms with E-state index in [0.29, 0.717) is 5.92 Å². The molecule has 1 amide bonds. The van der Waals surface area contributed by atoms with Gasteiger partial charge in [-0.3, -0.25) is 4.84 Å². The monoisotopic (exact) mass is 246 g/mol. The summed E-state index contributed by atoms with van der Waals surface area (Å²) >= 11 is 1.83. The number of nitrogens with one attached hydrogen (secondary N) is 1. The van der Waals surface area contributed by atoms with E-state index in [1.165, 1.54) is 19.9 Å². The molecule has 0 heterocycles. The van der Waals surface area contributed by atoms with Crippen LogP contribution in [0.5, 0.6) is 0 Å². The molecule has 0 aromatic heterocycles. The van der Waals surface area contributed by atoms with E-state index in [0.717, 1.165) is 17.2 Å². The van der Waals surface area contributed by atoms with Crippen LogP contribution in [0.3, 0.4) is 0 Å². The van der Waals surface area contributed by atoms with Gasteiger partial charge < -0.3 is 5.32 Å². The zero-order valence-electron chi connectivity index (χ0n) is 10.6. The lowest BCUT2D eigenvalue weighted by molar-refractivity contribution is 0.152. The maximum atomic E-state index is 10.9. The minimum absolute atomic E-state index is 0.304. The summed E-state index contributed by atoms with van der Waals surface area (Å²) in [5.74, 6) is 2.26. The van der Waals surface area contributed by atoms with Gasteiger partial charge in [-0.2, -0.15) is 11.8 Å². The molecule has 0 radical (unpaired) electrons. The molecular formula is C11H22N2O2S. The van der Waals surface area contributed by atoms with E-state index in [4.69, 9.17) is 4.84 Å². The lowest BCUT2D eigenvalue weighted by atomic mass is 10.1. The van der Waals surface area contributed by atoms with Gasteiger partial charge in [-0.05, 0) is 18.1 Å². The molecule has 0 fully saturated rings. The van der Waals surface area contributed by atoms with Crippen LogP contribution < -0.4 is 5.32 Å². The van der Waals surface area contributed by atoms with Crippen molar-refractivity contribution in [3.63, 3.8) is 0 Å². The lowest BCUT2D eigenvalue weighted by Gasteiger charge is -2.08. The summed E-state index contributed by atoms with van der Waals surface area (Å²) < 4.78 is 0. The number of unbranched alkanes of at least 4 members (excludes halogenated alkanes) is 1. The SMILES string of the molecule is CCCCSCC(=NOC(=O)NC)C(C)C. The van der Waals surface area contributed by atoms with Crippen LogP contribution in [0.2, 0.25) is 0 Å². The van der Waals surface area contributed by atoms with Crippen LogP contribution in [0.25, 0.3) is 0 Å². The summed E-state index contributed by atoms with van der Waals surface area (Å²) in [6.45, 7) is 6.27. The van der Waals surface area contributed by atoms with Gasteiger partial charge in [0.2, 0.25) is 0 Å². The second-order valence-electron chi connectivity index (χ2n) is 3.77. The molecule has 0 unspecified atom stereocenters. The molecule has 0 atom stereocenters. The Hall–Kier alpha value is -0.710. The minimum Gasteiger partial charge on any atom is -0.323 e. The van der Waals surface area contributed by atoms with Crippen molar-refractivity contribution in [2.24, 2.45) is 11.1 Å². The molecule has 0 saturated heterocycles. The average molecular weight is 246 g/mol. The molecule has 0 spiro atoms. The smallest absolute Gasteiger partial charge is 0.323 e. The molecule has 94 valence electrons. The summed E-state index contributed by atoms with van der Waals surface area (Å²) in [5, 5.41) is 6.24. The van der Waals surface area contributed by atoms with Crippen molar-refractivity contribution < 1.29 is 9.63 Å². The van der Waals surface area contributed by atoms with Crippen molar-refractivity contribution in [2.45, 2.75) is 33.6 Å². The van der Waals surface area contributed by atoms with Gasteiger partial charge in [-0.1, -0.05) is 32.3 Å². The first-order valence-corrected chi connectivity index (χ1v) is 6.80. The molecule has 0 bridgehead atoms. The normalized spacial score (nSPS) is 11.7. The fourth-order valence-electron chi connectivity index (χ4n) is 0.867. The zero-order chi connectivity index (χ0) is 12.4. The Morgan fingerprint density at radius 3 is 2.69 bits per heavy atom. The summed E-state index contributed by atoms with van der Waals surface area (Å²) in [4.78, 5) is 15.6. The van der Waals surface area contributed by atoms with Gasteiger partial charge in [-0.25, -0.2) is 4.79 Å². The Morgan fingerprint density at radius 1 is 1.50 bits per heavy atom. The standard InChI is InChI=1S/C11H22N2O2S/c1-5-6-7-16-8-10(9(2)3)13-15-11(14)12-4/h9H,5-8H2,1-4H3,(H,12,14). The Labute approximate surface area is 102 Å². The minimum atomic E-state index is -0.517. The highest BCUT2D eigenvalue weighted by molar-refractivity contribution is 7.99. The number of rotatable bonds is 7. The summed E-state index contributed by atoms with van der Waals surface area (Å²) in [6, 6.07) is 0. The van der Waals surface area contributed by atoms with Gasteiger partial charge >= 0.3 is 6.09 Å². The molecule has 0 aliphatic carbocycles. The number of nitrogens with zero attached hydrogens (tertiary/aromatic N) is 1. The zero-order valence-corrected chi connectivity index (χ0v) is 11.4. The van der Waals surface area contributed by atoms with Crippen molar-refractivity contribution in [2.75, 3.05) is 18.6 Å². The summed E-state index contributed by atoms with van der Waals surface area (Å²) in [5.41, 5.74) is 0.921. The van der Waals surface area contributed by atoms with E-state index < -0.39 is 6.09 Å². The number of thioether (sulfide) groups is 1. The Morgan fingerprint density at radius 2 is 2.19 bits per heavy atom. The number of hydrogen-bond donors (Lipinski definition) is 1. The Balaban J connectivity index is 4.01. The van der Waals surface area contributed by atoms with Crippen molar-refractivity contribution >= 4 is 23.6 Å². The Kier molecular flexibility index (Phi) is 9.09. The number of oxime groups is 1. The van der Waals surface area contributed by atoms with Crippen LogP contribution in [0, 0.1) is 5.92 Å². The molecule has 0 aromatic rings. The van der Waals surface area contributed by atoms with Crippen LogP contribution in [-0.4, -0.2) is 30.4 Å². The number of amides is 1. The van der Waals surface area contributed by atoms with Crippen LogP contribution in [-0.2, 0) is 4.84 Å².